The molecule has 1 aliphatic heterocycles. The SMILES string of the molecule is CC1C(CN(C)CCc2ccccn2)OC(c2ccc(NC(=O)c3c(F)c(F)c(F)c(F)c3F)cc2)OC1c1ccc(CO)cc1. The Morgan fingerprint density at radius 2 is 1.50 bits per heavy atom. The van der Waals surface area contributed by atoms with E-state index in [4.69, 9.17) is 9.47 Å². The lowest BCUT2D eigenvalue weighted by molar-refractivity contribution is -0.275. The normalized spacial score (nSPS) is 19.8. The number of carbonyl (C=O) groups is 1. The average molecular weight is 642 g/mol. The van der Waals surface area contributed by atoms with Crippen LogP contribution >= 0.6 is 0 Å². The summed E-state index contributed by atoms with van der Waals surface area (Å²) in [5.41, 5.74) is 1.66. The fourth-order valence-electron chi connectivity index (χ4n) is 5.30. The summed E-state index contributed by atoms with van der Waals surface area (Å²) in [7, 11) is 2.00. The van der Waals surface area contributed by atoms with Crippen molar-refractivity contribution in [2.24, 2.45) is 5.92 Å². The number of pyridine rings is 1. The number of aromatic nitrogens is 1. The Morgan fingerprint density at radius 1 is 0.870 bits per heavy atom. The van der Waals surface area contributed by atoms with Crippen molar-refractivity contribution in [1.29, 1.82) is 0 Å². The monoisotopic (exact) mass is 641 g/mol. The Hall–Kier alpha value is -4.23. The molecule has 46 heavy (non-hydrogen) atoms. The molecular formula is C34H32F5N3O4. The van der Waals surface area contributed by atoms with Gasteiger partial charge in [0.05, 0.1) is 18.8 Å². The molecule has 1 aromatic heterocycles. The highest BCUT2D eigenvalue weighted by Crippen LogP contribution is 2.42. The highest BCUT2D eigenvalue weighted by molar-refractivity contribution is 6.04. The molecule has 2 heterocycles. The van der Waals surface area contributed by atoms with Crippen molar-refractivity contribution in [3.05, 3.63) is 130 Å². The number of amides is 1. The summed E-state index contributed by atoms with van der Waals surface area (Å²) in [6.07, 6.45) is 1.01. The van der Waals surface area contributed by atoms with E-state index in [1.54, 1.807) is 18.3 Å². The smallest absolute Gasteiger partial charge is 0.261 e. The quantitative estimate of drug-likeness (QED) is 0.117. The van der Waals surface area contributed by atoms with Crippen LogP contribution in [0.25, 0.3) is 0 Å². The zero-order valence-electron chi connectivity index (χ0n) is 25.0. The number of likely N-dealkylation sites (N-methyl/N-ethyl adjacent to an activating group) is 1. The highest BCUT2D eigenvalue weighted by Gasteiger charge is 2.39. The van der Waals surface area contributed by atoms with Crippen LogP contribution in [0.5, 0.6) is 0 Å². The summed E-state index contributed by atoms with van der Waals surface area (Å²) >= 11 is 0. The van der Waals surface area contributed by atoms with Gasteiger partial charge in [0, 0.05) is 48.6 Å². The molecule has 0 radical (unpaired) electrons. The van der Waals surface area contributed by atoms with Crippen molar-refractivity contribution in [2.75, 3.05) is 25.5 Å². The van der Waals surface area contributed by atoms with Crippen LogP contribution in [0.4, 0.5) is 27.6 Å². The first kappa shape index (κ1) is 33.1. The second-order valence-corrected chi connectivity index (χ2v) is 11.2. The largest absolute Gasteiger partial charge is 0.392 e. The summed E-state index contributed by atoms with van der Waals surface area (Å²) in [5.74, 6) is -12.8. The molecule has 242 valence electrons. The Morgan fingerprint density at radius 3 is 2.11 bits per heavy atom. The summed E-state index contributed by atoms with van der Waals surface area (Å²) in [6.45, 7) is 3.26. The summed E-state index contributed by atoms with van der Waals surface area (Å²) < 4.78 is 81.8. The molecule has 12 heteroatoms. The van der Waals surface area contributed by atoms with Crippen molar-refractivity contribution in [3.63, 3.8) is 0 Å². The van der Waals surface area contributed by atoms with E-state index in [1.807, 2.05) is 56.4 Å². The van der Waals surface area contributed by atoms with E-state index < -0.39 is 46.8 Å². The van der Waals surface area contributed by atoms with Crippen LogP contribution in [0.2, 0.25) is 0 Å². The first-order valence-electron chi connectivity index (χ1n) is 14.6. The van der Waals surface area contributed by atoms with Crippen LogP contribution in [0, 0.1) is 35.0 Å². The first-order chi connectivity index (χ1) is 22.1. The minimum Gasteiger partial charge on any atom is -0.392 e. The van der Waals surface area contributed by atoms with Gasteiger partial charge >= 0.3 is 0 Å². The second-order valence-electron chi connectivity index (χ2n) is 11.2. The van der Waals surface area contributed by atoms with Gasteiger partial charge in [-0.25, -0.2) is 22.0 Å². The average Bonchev–Trinajstić information content (AvgIpc) is 3.07. The lowest BCUT2D eigenvalue weighted by Crippen LogP contribution is -2.43. The molecule has 0 aliphatic carbocycles. The minimum atomic E-state index is -2.35. The van der Waals surface area contributed by atoms with Crippen LogP contribution in [-0.2, 0) is 22.5 Å². The Bertz CT molecular complexity index is 1630. The maximum absolute atomic E-state index is 14.1. The zero-order chi connectivity index (χ0) is 33.0. The Kier molecular flexibility index (Phi) is 10.4. The molecular weight excluding hydrogens is 609 g/mol. The van der Waals surface area contributed by atoms with E-state index in [0.29, 0.717) is 12.1 Å². The van der Waals surface area contributed by atoms with E-state index in [9.17, 15) is 31.9 Å². The Labute approximate surface area is 262 Å². The number of aliphatic hydroxyl groups excluding tert-OH is 1. The lowest BCUT2D eigenvalue weighted by atomic mass is 9.90. The van der Waals surface area contributed by atoms with Crippen molar-refractivity contribution in [1.82, 2.24) is 9.88 Å². The predicted octanol–water partition coefficient (Wildman–Crippen LogP) is 6.49. The predicted molar refractivity (Wildman–Crippen MR) is 159 cm³/mol. The third-order valence-corrected chi connectivity index (χ3v) is 7.97. The molecule has 5 rings (SSSR count). The summed E-state index contributed by atoms with van der Waals surface area (Å²) in [5, 5.41) is 11.7. The topological polar surface area (TPSA) is 83.9 Å². The third-order valence-electron chi connectivity index (χ3n) is 7.97. The summed E-state index contributed by atoms with van der Waals surface area (Å²) in [4.78, 5) is 19.0. The Balaban J connectivity index is 1.34. The van der Waals surface area contributed by atoms with Crippen molar-refractivity contribution >= 4 is 11.6 Å². The maximum Gasteiger partial charge on any atom is 0.261 e. The minimum absolute atomic E-state index is 0.0452. The molecule has 1 saturated heterocycles. The van der Waals surface area contributed by atoms with Gasteiger partial charge in [-0.05, 0) is 42.4 Å². The number of aliphatic hydroxyl groups is 1. The fourth-order valence-corrected chi connectivity index (χ4v) is 5.30. The van der Waals surface area contributed by atoms with E-state index in [2.05, 4.69) is 15.2 Å². The molecule has 1 aliphatic rings. The molecule has 0 saturated carbocycles. The maximum atomic E-state index is 14.1. The van der Waals surface area contributed by atoms with Gasteiger partial charge in [0.25, 0.3) is 5.91 Å². The number of halogens is 5. The molecule has 0 spiro atoms. The van der Waals surface area contributed by atoms with Crippen LogP contribution < -0.4 is 5.32 Å². The molecule has 2 N–H and O–H groups in total. The zero-order valence-corrected chi connectivity index (χ0v) is 25.0. The fraction of sp³-hybridized carbons (Fsp3) is 0.294. The number of rotatable bonds is 10. The molecule has 4 aromatic rings. The highest BCUT2D eigenvalue weighted by atomic mass is 19.2. The van der Waals surface area contributed by atoms with Gasteiger partial charge in [-0.1, -0.05) is 49.4 Å². The lowest BCUT2D eigenvalue weighted by Gasteiger charge is -2.42. The number of ether oxygens (including phenoxy) is 2. The molecule has 3 aromatic carbocycles. The van der Waals surface area contributed by atoms with Gasteiger partial charge in [0.1, 0.15) is 5.56 Å². The van der Waals surface area contributed by atoms with Crippen LogP contribution in [0.3, 0.4) is 0 Å². The van der Waals surface area contributed by atoms with E-state index in [0.717, 1.165) is 29.8 Å². The number of anilines is 1. The first-order valence-corrected chi connectivity index (χ1v) is 14.6. The van der Waals surface area contributed by atoms with Crippen LogP contribution in [0.1, 0.15) is 52.1 Å². The van der Waals surface area contributed by atoms with Gasteiger partial charge in [0.15, 0.2) is 29.6 Å². The number of carbonyl (C=O) groups excluding carboxylic acids is 1. The van der Waals surface area contributed by atoms with Gasteiger partial charge in [-0.3, -0.25) is 9.78 Å². The number of nitrogens with one attached hydrogen (secondary N) is 1. The number of hydrogen-bond donors (Lipinski definition) is 2. The van der Waals surface area contributed by atoms with Gasteiger partial charge in [0.2, 0.25) is 5.82 Å². The van der Waals surface area contributed by atoms with Gasteiger partial charge < -0.3 is 24.8 Å². The molecule has 7 nitrogen and oxygen atoms in total. The van der Waals surface area contributed by atoms with Crippen LogP contribution in [0.15, 0.2) is 72.9 Å². The van der Waals surface area contributed by atoms with Gasteiger partial charge in [-0.2, -0.15) is 0 Å². The number of benzene rings is 3. The van der Waals surface area contributed by atoms with E-state index in [1.165, 1.54) is 12.1 Å². The van der Waals surface area contributed by atoms with Crippen molar-refractivity contribution < 1.29 is 41.3 Å². The summed E-state index contributed by atoms with van der Waals surface area (Å²) in [6, 6.07) is 19.2. The molecule has 0 bridgehead atoms. The van der Waals surface area contributed by atoms with E-state index >= 15 is 0 Å². The van der Waals surface area contributed by atoms with Crippen LogP contribution in [-0.4, -0.2) is 47.1 Å². The van der Waals surface area contributed by atoms with E-state index in [-0.39, 0.29) is 30.4 Å². The standard InChI is InChI=1S/C34H32F5N3O4/c1-19-25(17-42(2)16-14-23-5-3-4-15-40-23)45-34(46-32(19)21-8-6-20(18-43)7-9-21)22-10-12-24(13-11-22)41-33(44)26-27(35)29(37)31(39)30(38)28(26)36/h3-13,15,19,25,32,34,43H,14,16-18H2,1-2H3,(H,41,44). The van der Waals surface area contributed by atoms with Crippen molar-refractivity contribution in [2.45, 2.75) is 38.4 Å². The number of nitrogens with zero attached hydrogens (tertiary/aromatic N) is 2. The molecule has 4 unspecified atom stereocenters. The third kappa shape index (κ3) is 7.26. The van der Waals surface area contributed by atoms with Gasteiger partial charge in [-0.15, -0.1) is 0 Å². The molecule has 4 atom stereocenters. The number of hydrogen-bond acceptors (Lipinski definition) is 6. The second kappa shape index (κ2) is 14.5. The van der Waals surface area contributed by atoms with Crippen molar-refractivity contribution in [3.8, 4) is 0 Å². The molecule has 1 amide bonds. The molecule has 1 fully saturated rings.